The molecule has 0 atom stereocenters. The van der Waals surface area contributed by atoms with Crippen LogP contribution in [0.2, 0.25) is 10.0 Å². The van der Waals surface area contributed by atoms with E-state index in [1.54, 1.807) is 24.5 Å². The lowest BCUT2D eigenvalue weighted by Gasteiger charge is -2.13. The summed E-state index contributed by atoms with van der Waals surface area (Å²) in [5.74, 6) is 0.602. The molecular formula is C18H19Cl2N5O2. The van der Waals surface area contributed by atoms with Gasteiger partial charge in [0.15, 0.2) is 12.5 Å². The maximum atomic E-state index is 6.56. The van der Waals surface area contributed by atoms with Crippen molar-refractivity contribution in [2.45, 2.75) is 19.4 Å². The number of nitrogens with zero attached hydrogens (tertiary/aromatic N) is 3. The Kier molecular flexibility index (Phi) is 5.67. The number of fused-ring (bicyclic) bond motifs is 1. The van der Waals surface area contributed by atoms with Gasteiger partial charge in [0.2, 0.25) is 5.95 Å². The molecule has 0 saturated carbocycles. The lowest BCUT2D eigenvalue weighted by Crippen LogP contribution is -2.33. The summed E-state index contributed by atoms with van der Waals surface area (Å²) in [4.78, 5) is 16.4. The number of halogens is 2. The predicted molar refractivity (Wildman–Crippen MR) is 108 cm³/mol. The van der Waals surface area contributed by atoms with Gasteiger partial charge in [-0.1, -0.05) is 23.2 Å². The van der Waals surface area contributed by atoms with Crippen LogP contribution < -0.4 is 10.5 Å². The van der Waals surface area contributed by atoms with Gasteiger partial charge in [-0.15, -0.1) is 0 Å². The summed E-state index contributed by atoms with van der Waals surface area (Å²) in [7, 11) is 1.52. The number of hydrogen-bond donors (Lipinski definition) is 2. The van der Waals surface area contributed by atoms with Gasteiger partial charge in [-0.25, -0.2) is 15.0 Å². The Labute approximate surface area is 166 Å². The van der Waals surface area contributed by atoms with Gasteiger partial charge in [0.25, 0.3) is 0 Å². The molecule has 0 radical (unpaired) electrons. The van der Waals surface area contributed by atoms with Gasteiger partial charge < -0.3 is 20.2 Å². The first-order valence-electron chi connectivity index (χ1n) is 8.09. The second-order valence-electron chi connectivity index (χ2n) is 6.48. The third-order valence-electron chi connectivity index (χ3n) is 3.53. The van der Waals surface area contributed by atoms with E-state index in [9.17, 15) is 0 Å². The standard InChI is InChI=1S/C18H19Cl2N5O2/c1-18(2,21)8-23-17-24-12-6-7-22-15(12)14(25-17)10-4-5-11(19)16(13(10)20)27-9-26-3/h4-8,22H,9,21H2,1-3H3. The zero-order valence-electron chi connectivity index (χ0n) is 15.1. The van der Waals surface area contributed by atoms with Gasteiger partial charge in [0.05, 0.1) is 21.1 Å². The van der Waals surface area contributed by atoms with E-state index in [1.807, 2.05) is 19.9 Å². The lowest BCUT2D eigenvalue weighted by atomic mass is 10.1. The van der Waals surface area contributed by atoms with Crippen LogP contribution >= 0.6 is 23.2 Å². The number of ether oxygens (including phenoxy) is 2. The largest absolute Gasteiger partial charge is 0.464 e. The molecule has 0 aliphatic rings. The van der Waals surface area contributed by atoms with Crippen molar-refractivity contribution in [2.24, 2.45) is 10.7 Å². The summed E-state index contributed by atoms with van der Waals surface area (Å²) < 4.78 is 10.4. The molecule has 2 aromatic heterocycles. The van der Waals surface area contributed by atoms with Gasteiger partial charge in [-0.3, -0.25) is 0 Å². The number of hydrogen-bond acceptors (Lipinski definition) is 6. The van der Waals surface area contributed by atoms with Crippen molar-refractivity contribution in [2.75, 3.05) is 13.9 Å². The van der Waals surface area contributed by atoms with E-state index >= 15 is 0 Å². The van der Waals surface area contributed by atoms with Gasteiger partial charge in [-0.05, 0) is 32.0 Å². The quantitative estimate of drug-likeness (QED) is 0.467. The van der Waals surface area contributed by atoms with Crippen LogP contribution in [-0.2, 0) is 4.74 Å². The first-order chi connectivity index (χ1) is 12.8. The number of benzene rings is 1. The molecule has 2 heterocycles. The number of nitrogens with one attached hydrogen (secondary N) is 1. The van der Waals surface area contributed by atoms with E-state index in [0.29, 0.717) is 32.6 Å². The van der Waals surface area contributed by atoms with Crippen molar-refractivity contribution in [3.8, 4) is 17.0 Å². The highest BCUT2D eigenvalue weighted by Gasteiger charge is 2.19. The maximum absolute atomic E-state index is 6.56. The monoisotopic (exact) mass is 407 g/mol. The molecule has 3 N–H and O–H groups in total. The van der Waals surface area contributed by atoms with Crippen LogP contribution in [0.25, 0.3) is 22.3 Å². The van der Waals surface area contributed by atoms with Gasteiger partial charge >= 0.3 is 0 Å². The van der Waals surface area contributed by atoms with Crippen molar-refractivity contribution >= 4 is 46.4 Å². The number of aromatic amines is 1. The molecule has 0 bridgehead atoms. The van der Waals surface area contributed by atoms with Crippen molar-refractivity contribution < 1.29 is 9.47 Å². The Morgan fingerprint density at radius 2 is 2.04 bits per heavy atom. The summed E-state index contributed by atoms with van der Waals surface area (Å²) in [6.45, 7) is 3.69. The van der Waals surface area contributed by atoms with Crippen molar-refractivity contribution in [3.05, 3.63) is 34.4 Å². The number of H-pyrrole nitrogens is 1. The normalized spacial score (nSPS) is 12.2. The van der Waals surface area contributed by atoms with E-state index in [4.69, 9.17) is 38.4 Å². The summed E-state index contributed by atoms with van der Waals surface area (Å²) in [5, 5.41) is 0.698. The third-order valence-corrected chi connectivity index (χ3v) is 4.20. The molecule has 7 nitrogen and oxygen atoms in total. The van der Waals surface area contributed by atoms with Crippen molar-refractivity contribution in [1.82, 2.24) is 15.0 Å². The number of rotatable bonds is 6. The summed E-state index contributed by atoms with van der Waals surface area (Å²) in [6.07, 6.45) is 3.37. The molecular weight excluding hydrogens is 389 g/mol. The Bertz CT molecular complexity index is 995. The van der Waals surface area contributed by atoms with Crippen LogP contribution in [-0.4, -0.2) is 40.6 Å². The second-order valence-corrected chi connectivity index (χ2v) is 7.26. The second kappa shape index (κ2) is 7.82. The minimum absolute atomic E-state index is 0.0195. The molecule has 0 aliphatic heterocycles. The molecule has 3 rings (SSSR count). The van der Waals surface area contributed by atoms with E-state index in [0.717, 1.165) is 5.52 Å². The minimum atomic E-state index is -0.588. The van der Waals surface area contributed by atoms with Gasteiger partial charge in [-0.2, -0.15) is 0 Å². The molecule has 1 aromatic carbocycles. The van der Waals surface area contributed by atoms with Crippen LogP contribution in [0.15, 0.2) is 29.4 Å². The van der Waals surface area contributed by atoms with E-state index in [-0.39, 0.29) is 12.7 Å². The molecule has 142 valence electrons. The highest BCUT2D eigenvalue weighted by molar-refractivity contribution is 6.39. The summed E-state index contributed by atoms with van der Waals surface area (Å²) in [6, 6.07) is 5.29. The topological polar surface area (TPSA) is 98.4 Å². The number of methoxy groups -OCH3 is 1. The number of nitrogens with two attached hydrogens (primary N) is 1. The average Bonchev–Trinajstić information content (AvgIpc) is 3.07. The van der Waals surface area contributed by atoms with Crippen LogP contribution in [0.1, 0.15) is 13.8 Å². The Balaban J connectivity index is 2.16. The van der Waals surface area contributed by atoms with E-state index in [1.165, 1.54) is 7.11 Å². The molecule has 0 saturated heterocycles. The zero-order chi connectivity index (χ0) is 19.6. The van der Waals surface area contributed by atoms with Gasteiger partial charge in [0, 0.05) is 30.6 Å². The molecule has 0 unspecified atom stereocenters. The predicted octanol–water partition coefficient (Wildman–Crippen LogP) is 4.35. The Morgan fingerprint density at radius 3 is 2.74 bits per heavy atom. The molecule has 0 amide bonds. The van der Waals surface area contributed by atoms with Crippen LogP contribution in [0, 0.1) is 0 Å². The summed E-state index contributed by atoms with van der Waals surface area (Å²) >= 11 is 12.8. The minimum Gasteiger partial charge on any atom is -0.464 e. The van der Waals surface area contributed by atoms with Crippen LogP contribution in [0.5, 0.6) is 5.75 Å². The van der Waals surface area contributed by atoms with Crippen molar-refractivity contribution in [1.29, 1.82) is 0 Å². The molecule has 0 spiro atoms. The molecule has 0 fully saturated rings. The van der Waals surface area contributed by atoms with E-state index < -0.39 is 5.54 Å². The molecule has 9 heteroatoms. The highest BCUT2D eigenvalue weighted by Crippen LogP contribution is 2.41. The smallest absolute Gasteiger partial charge is 0.250 e. The average molecular weight is 408 g/mol. The SMILES string of the molecule is COCOc1c(Cl)ccc(-c2nc(N=CC(C)(C)N)nc3cc[nH]c23)c1Cl. The fourth-order valence-corrected chi connectivity index (χ4v) is 2.94. The molecule has 27 heavy (non-hydrogen) atoms. The number of aliphatic imine (C=N–C) groups is 1. The summed E-state index contributed by atoms with van der Waals surface area (Å²) in [5.41, 5.74) is 8.01. The third kappa shape index (κ3) is 4.39. The zero-order valence-corrected chi connectivity index (χ0v) is 16.6. The highest BCUT2D eigenvalue weighted by atomic mass is 35.5. The Hall–Kier alpha value is -2.19. The lowest BCUT2D eigenvalue weighted by molar-refractivity contribution is 0.0513. The van der Waals surface area contributed by atoms with Crippen molar-refractivity contribution in [3.63, 3.8) is 0 Å². The van der Waals surface area contributed by atoms with Gasteiger partial charge in [0.1, 0.15) is 5.69 Å². The maximum Gasteiger partial charge on any atom is 0.250 e. The van der Waals surface area contributed by atoms with E-state index in [2.05, 4.69) is 19.9 Å². The fourth-order valence-electron chi connectivity index (χ4n) is 2.37. The molecule has 3 aromatic rings. The van der Waals surface area contributed by atoms with Crippen LogP contribution in [0.4, 0.5) is 5.95 Å². The number of aromatic nitrogens is 3. The molecule has 0 aliphatic carbocycles. The Morgan fingerprint density at radius 1 is 1.26 bits per heavy atom. The van der Waals surface area contributed by atoms with Crippen LogP contribution in [0.3, 0.4) is 0 Å². The first-order valence-corrected chi connectivity index (χ1v) is 8.85. The fraction of sp³-hybridized carbons (Fsp3) is 0.278. The first kappa shape index (κ1) is 19.6.